The Balaban J connectivity index is 1.39. The van der Waals surface area contributed by atoms with Crippen molar-refractivity contribution >= 4 is 23.4 Å². The van der Waals surface area contributed by atoms with Crippen molar-refractivity contribution in [1.29, 1.82) is 0 Å². The summed E-state index contributed by atoms with van der Waals surface area (Å²) >= 11 is 0. The number of hydrazone groups is 1. The van der Waals surface area contributed by atoms with Crippen LogP contribution in [0.5, 0.6) is 0 Å². The number of hydrogen-bond donors (Lipinski definition) is 0. The third-order valence-electron chi connectivity index (χ3n) is 6.48. The molecule has 2 aromatic carbocycles. The maximum Gasteiger partial charge on any atom is 0.182 e. The van der Waals surface area contributed by atoms with Crippen molar-refractivity contribution in [2.45, 2.75) is 39.7 Å². The van der Waals surface area contributed by atoms with Gasteiger partial charge in [-0.2, -0.15) is 5.10 Å². The largest absolute Gasteiger partial charge is 0.368 e. The van der Waals surface area contributed by atoms with Gasteiger partial charge < -0.3 is 9.80 Å². The molecule has 0 amide bonds. The van der Waals surface area contributed by atoms with Crippen LogP contribution in [-0.4, -0.2) is 43.6 Å². The van der Waals surface area contributed by atoms with E-state index in [-0.39, 0.29) is 0 Å². The van der Waals surface area contributed by atoms with E-state index in [0.717, 1.165) is 36.7 Å². The van der Waals surface area contributed by atoms with Gasteiger partial charge in [-0.3, -0.25) is 4.90 Å². The van der Waals surface area contributed by atoms with Crippen LogP contribution in [0.3, 0.4) is 0 Å². The molecule has 2 aliphatic heterocycles. The first-order chi connectivity index (χ1) is 15.4. The summed E-state index contributed by atoms with van der Waals surface area (Å²) < 4.78 is 28.7. The van der Waals surface area contributed by atoms with E-state index in [9.17, 15) is 8.78 Å². The average Bonchev–Trinajstić information content (AvgIpc) is 3.22. The summed E-state index contributed by atoms with van der Waals surface area (Å²) in [4.78, 5) is 6.19. The highest BCUT2D eigenvalue weighted by Crippen LogP contribution is 2.30. The quantitative estimate of drug-likeness (QED) is 0.619. The number of halogens is 2. The van der Waals surface area contributed by atoms with Crippen molar-refractivity contribution in [3.05, 3.63) is 66.0 Å². The second-order valence-corrected chi connectivity index (χ2v) is 8.33. The monoisotopic (exact) mass is 439 g/mol. The molecule has 0 N–H and O–H groups in total. The molecular weight excluding hydrogens is 408 g/mol. The third-order valence-corrected chi connectivity index (χ3v) is 6.48. The molecule has 2 aliphatic rings. The van der Waals surface area contributed by atoms with E-state index in [1.54, 1.807) is 18.5 Å². The molecule has 0 saturated carbocycles. The Kier molecular flexibility index (Phi) is 6.35. The second kappa shape index (κ2) is 9.18. The molecule has 2 aromatic rings. The van der Waals surface area contributed by atoms with Crippen molar-refractivity contribution in [2.75, 3.05) is 40.9 Å². The molecule has 170 valence electrons. The lowest BCUT2D eigenvalue weighted by molar-refractivity contribution is 0.286. The van der Waals surface area contributed by atoms with E-state index in [0.29, 0.717) is 36.8 Å². The summed E-state index contributed by atoms with van der Waals surface area (Å²) in [6.07, 6.45) is 3.28. The van der Waals surface area contributed by atoms with Gasteiger partial charge in [0.1, 0.15) is 12.2 Å². The van der Waals surface area contributed by atoms with E-state index < -0.39 is 11.6 Å². The summed E-state index contributed by atoms with van der Waals surface area (Å²) in [6, 6.07) is 12.0. The lowest BCUT2D eigenvalue weighted by Gasteiger charge is -2.37. The van der Waals surface area contributed by atoms with E-state index >= 15 is 0 Å². The SMILES string of the molecule is C=C1N(c2ccc(N3CCN(c4ccc(CC)c(F)c4F)CC3)cc2)C=NN1C(C)CC. The van der Waals surface area contributed by atoms with Gasteiger partial charge in [-0.1, -0.05) is 26.5 Å². The van der Waals surface area contributed by atoms with E-state index in [1.807, 2.05) is 21.7 Å². The first kappa shape index (κ1) is 22.1. The molecule has 1 atom stereocenters. The van der Waals surface area contributed by atoms with Gasteiger partial charge in [0.05, 0.1) is 11.7 Å². The van der Waals surface area contributed by atoms with Gasteiger partial charge in [0, 0.05) is 37.6 Å². The zero-order valence-electron chi connectivity index (χ0n) is 19.1. The lowest BCUT2D eigenvalue weighted by atomic mass is 10.1. The number of aryl methyl sites for hydroxylation is 1. The van der Waals surface area contributed by atoms with Crippen LogP contribution in [0, 0.1) is 11.6 Å². The Morgan fingerprint density at radius 2 is 1.53 bits per heavy atom. The smallest absolute Gasteiger partial charge is 0.182 e. The van der Waals surface area contributed by atoms with Gasteiger partial charge in [0.15, 0.2) is 11.6 Å². The highest BCUT2D eigenvalue weighted by Gasteiger charge is 2.25. The fraction of sp³-hybridized carbons (Fsp3) is 0.400. The van der Waals surface area contributed by atoms with Gasteiger partial charge in [-0.05, 0) is 55.7 Å². The van der Waals surface area contributed by atoms with Gasteiger partial charge in [0.25, 0.3) is 0 Å². The van der Waals surface area contributed by atoms with Gasteiger partial charge >= 0.3 is 0 Å². The van der Waals surface area contributed by atoms with Crippen LogP contribution in [-0.2, 0) is 6.42 Å². The molecule has 4 rings (SSSR count). The maximum atomic E-state index is 14.5. The number of hydrogen-bond acceptors (Lipinski definition) is 5. The van der Waals surface area contributed by atoms with Crippen LogP contribution in [0.2, 0.25) is 0 Å². The predicted octanol–water partition coefficient (Wildman–Crippen LogP) is 5.19. The molecule has 1 unspecified atom stereocenters. The molecule has 5 nitrogen and oxygen atoms in total. The minimum Gasteiger partial charge on any atom is -0.368 e. The molecule has 2 heterocycles. The lowest BCUT2D eigenvalue weighted by Crippen LogP contribution is -2.46. The van der Waals surface area contributed by atoms with E-state index in [2.05, 4.69) is 54.7 Å². The Morgan fingerprint density at radius 1 is 0.906 bits per heavy atom. The average molecular weight is 440 g/mol. The van der Waals surface area contributed by atoms with Gasteiger partial charge in [0.2, 0.25) is 0 Å². The molecule has 0 bridgehead atoms. The predicted molar refractivity (Wildman–Crippen MR) is 128 cm³/mol. The van der Waals surface area contributed by atoms with Crippen molar-refractivity contribution in [2.24, 2.45) is 5.10 Å². The number of benzene rings is 2. The van der Waals surface area contributed by atoms with Crippen molar-refractivity contribution in [3.8, 4) is 0 Å². The van der Waals surface area contributed by atoms with Crippen LogP contribution >= 0.6 is 0 Å². The van der Waals surface area contributed by atoms with E-state index in [4.69, 9.17) is 0 Å². The van der Waals surface area contributed by atoms with Crippen molar-refractivity contribution in [1.82, 2.24) is 5.01 Å². The summed E-state index contributed by atoms with van der Waals surface area (Å²) in [5, 5.41) is 6.43. The summed E-state index contributed by atoms with van der Waals surface area (Å²) in [5.74, 6) is -0.605. The molecular formula is C25H31F2N5. The minimum absolute atomic E-state index is 0.302. The highest BCUT2D eigenvalue weighted by atomic mass is 19.2. The molecule has 1 fully saturated rings. The fourth-order valence-corrected chi connectivity index (χ4v) is 4.23. The molecule has 0 aromatic heterocycles. The number of piperazine rings is 1. The molecule has 0 radical (unpaired) electrons. The highest BCUT2D eigenvalue weighted by molar-refractivity contribution is 5.85. The van der Waals surface area contributed by atoms with Crippen molar-refractivity contribution in [3.63, 3.8) is 0 Å². The molecule has 32 heavy (non-hydrogen) atoms. The van der Waals surface area contributed by atoms with Crippen LogP contribution in [0.1, 0.15) is 32.8 Å². The zero-order chi connectivity index (χ0) is 22.8. The summed E-state index contributed by atoms with van der Waals surface area (Å²) in [7, 11) is 0. The Labute approximate surface area is 189 Å². The third kappa shape index (κ3) is 4.04. The first-order valence-electron chi connectivity index (χ1n) is 11.3. The number of nitrogens with zero attached hydrogens (tertiary/aromatic N) is 5. The molecule has 0 aliphatic carbocycles. The Morgan fingerprint density at radius 3 is 2.16 bits per heavy atom. The van der Waals surface area contributed by atoms with Crippen molar-refractivity contribution < 1.29 is 8.78 Å². The first-order valence-corrected chi connectivity index (χ1v) is 11.3. The topological polar surface area (TPSA) is 25.3 Å². The van der Waals surface area contributed by atoms with Crippen LogP contribution < -0.4 is 14.7 Å². The normalized spacial score (nSPS) is 17.5. The van der Waals surface area contributed by atoms with Crippen LogP contribution in [0.25, 0.3) is 0 Å². The van der Waals surface area contributed by atoms with Crippen LogP contribution in [0.4, 0.5) is 25.8 Å². The minimum atomic E-state index is -0.735. The second-order valence-electron chi connectivity index (χ2n) is 8.33. The zero-order valence-corrected chi connectivity index (χ0v) is 19.1. The summed E-state index contributed by atoms with van der Waals surface area (Å²) in [5.41, 5.74) is 2.90. The Bertz CT molecular complexity index is 996. The van der Waals surface area contributed by atoms with Gasteiger partial charge in [-0.25, -0.2) is 13.8 Å². The Hall–Kier alpha value is -3.09. The molecule has 1 saturated heterocycles. The van der Waals surface area contributed by atoms with E-state index in [1.165, 1.54) is 0 Å². The van der Waals surface area contributed by atoms with Gasteiger partial charge in [-0.15, -0.1) is 0 Å². The fourth-order valence-electron chi connectivity index (χ4n) is 4.23. The standard InChI is InChI=1S/C25H31F2N5/c1-5-18(3)32-19(4)31(17-28-32)22-10-8-21(9-11-22)29-13-15-30(16-14-29)23-12-7-20(6-2)24(26)25(23)27/h7-12,17-18H,4-6,13-16H2,1-3H3. The summed E-state index contributed by atoms with van der Waals surface area (Å²) in [6.45, 7) is 13.1. The van der Waals surface area contributed by atoms with Crippen LogP contribution in [0.15, 0.2) is 53.9 Å². The number of anilines is 3. The maximum absolute atomic E-state index is 14.5. The molecule has 0 spiro atoms. The number of rotatable bonds is 6. The molecule has 7 heteroatoms.